The highest BCUT2D eigenvalue weighted by molar-refractivity contribution is 6.32. The zero-order valence-electron chi connectivity index (χ0n) is 27.5. The molecule has 0 amide bonds. The molecule has 3 aliphatic rings. The van der Waals surface area contributed by atoms with Crippen molar-refractivity contribution in [2.24, 2.45) is 4.99 Å². The van der Waals surface area contributed by atoms with Crippen LogP contribution in [0.4, 0.5) is 5.69 Å². The lowest BCUT2D eigenvalue weighted by molar-refractivity contribution is 0.752. The van der Waals surface area contributed by atoms with E-state index in [-0.39, 0.29) is 5.41 Å². The van der Waals surface area contributed by atoms with Gasteiger partial charge < -0.3 is 0 Å². The smallest absolute Gasteiger partial charge is 0.139 e. The number of benzene rings is 7. The summed E-state index contributed by atoms with van der Waals surface area (Å²) in [4.78, 5) is 5.32. The minimum absolute atomic E-state index is 0.316. The summed E-state index contributed by atoms with van der Waals surface area (Å²) in [6.45, 7) is 0. The molecule has 2 heteroatoms. The van der Waals surface area contributed by atoms with Crippen LogP contribution in [-0.4, -0.2) is 13.6 Å². The summed E-state index contributed by atoms with van der Waals surface area (Å²) in [6, 6.07) is 61.0. The predicted octanol–water partition coefficient (Wildman–Crippen LogP) is 10.0. The van der Waals surface area contributed by atoms with Gasteiger partial charge in [-0.25, -0.2) is 0 Å². The molecule has 2 aliphatic carbocycles. The SMILES string of the molecule is Bc1ccc2c(c1)-c1ccccc1C21c2ccccc2-c2cc(-c3cccc(C4=Nc5ccccc5C(c5ccccc5)CC4)c3)ccc21. The van der Waals surface area contributed by atoms with E-state index in [1.165, 1.54) is 77.8 Å². The number of hydrogen-bond acceptors (Lipinski definition) is 1. The summed E-state index contributed by atoms with van der Waals surface area (Å²) in [6.07, 6.45) is 1.96. The van der Waals surface area contributed by atoms with Crippen molar-refractivity contribution in [2.75, 3.05) is 0 Å². The first-order chi connectivity index (χ1) is 24.2. The molecule has 7 aromatic carbocycles. The van der Waals surface area contributed by atoms with Crippen LogP contribution in [0.2, 0.25) is 0 Å². The molecule has 2 atom stereocenters. The maximum Gasteiger partial charge on any atom is 0.139 e. The average molecular weight is 624 g/mol. The van der Waals surface area contributed by atoms with Crippen LogP contribution >= 0.6 is 0 Å². The molecular formula is C47H34BN. The van der Waals surface area contributed by atoms with Crippen molar-refractivity contribution in [1.29, 1.82) is 0 Å². The van der Waals surface area contributed by atoms with Crippen molar-refractivity contribution < 1.29 is 0 Å². The molecule has 1 heterocycles. The maximum atomic E-state index is 5.32. The molecule has 0 saturated carbocycles. The van der Waals surface area contributed by atoms with Crippen LogP contribution in [0, 0.1) is 0 Å². The van der Waals surface area contributed by atoms with Gasteiger partial charge in [-0.3, -0.25) is 4.99 Å². The molecule has 0 saturated heterocycles. The minimum atomic E-state index is -0.316. The van der Waals surface area contributed by atoms with Gasteiger partial charge >= 0.3 is 0 Å². The highest BCUT2D eigenvalue weighted by atomic mass is 14.8. The maximum absolute atomic E-state index is 5.32. The second kappa shape index (κ2) is 10.9. The molecule has 7 aromatic rings. The molecule has 1 aliphatic heterocycles. The van der Waals surface area contributed by atoms with Crippen LogP contribution < -0.4 is 5.46 Å². The Morgan fingerprint density at radius 3 is 1.90 bits per heavy atom. The summed E-state index contributed by atoms with van der Waals surface area (Å²) in [5, 5.41) is 0. The lowest BCUT2D eigenvalue weighted by Crippen LogP contribution is -2.26. The predicted molar refractivity (Wildman–Crippen MR) is 207 cm³/mol. The summed E-state index contributed by atoms with van der Waals surface area (Å²) in [5.74, 6) is 0.334. The van der Waals surface area contributed by atoms with Crippen LogP contribution in [-0.2, 0) is 5.41 Å². The summed E-state index contributed by atoms with van der Waals surface area (Å²) in [7, 11) is 2.20. The van der Waals surface area contributed by atoms with Crippen molar-refractivity contribution in [2.45, 2.75) is 24.2 Å². The Hall–Kier alpha value is -5.73. The molecule has 1 spiro atoms. The van der Waals surface area contributed by atoms with Gasteiger partial charge in [-0.15, -0.1) is 0 Å². The highest BCUT2D eigenvalue weighted by Gasteiger charge is 2.51. The average Bonchev–Trinajstić information content (AvgIpc) is 3.52. The largest absolute Gasteiger partial charge is 0.253 e. The normalized spacial score (nSPS) is 18.1. The van der Waals surface area contributed by atoms with E-state index in [9.17, 15) is 0 Å². The van der Waals surface area contributed by atoms with Crippen molar-refractivity contribution in [3.05, 3.63) is 203 Å². The van der Waals surface area contributed by atoms with E-state index in [0.717, 1.165) is 24.2 Å². The number of rotatable bonds is 3. The van der Waals surface area contributed by atoms with E-state index >= 15 is 0 Å². The monoisotopic (exact) mass is 623 g/mol. The molecular weight excluding hydrogens is 589 g/mol. The first-order valence-corrected chi connectivity index (χ1v) is 17.5. The quantitative estimate of drug-likeness (QED) is 0.174. The van der Waals surface area contributed by atoms with Crippen LogP contribution in [0.1, 0.15) is 57.7 Å². The zero-order valence-corrected chi connectivity index (χ0v) is 27.5. The van der Waals surface area contributed by atoms with Gasteiger partial charge in [0.1, 0.15) is 7.85 Å². The second-order valence-electron chi connectivity index (χ2n) is 13.9. The van der Waals surface area contributed by atoms with Crippen molar-refractivity contribution >= 4 is 24.7 Å². The van der Waals surface area contributed by atoms with Crippen LogP contribution in [0.5, 0.6) is 0 Å². The number of nitrogens with zero attached hydrogens (tertiary/aromatic N) is 1. The Kier molecular flexibility index (Phi) is 6.30. The van der Waals surface area contributed by atoms with Gasteiger partial charge in [0.15, 0.2) is 0 Å². The number of hydrogen-bond donors (Lipinski definition) is 0. The van der Waals surface area contributed by atoms with Gasteiger partial charge in [-0.2, -0.15) is 0 Å². The Bertz CT molecular complexity index is 2470. The molecule has 0 N–H and O–H groups in total. The van der Waals surface area contributed by atoms with Gasteiger partial charge in [0.05, 0.1) is 11.1 Å². The summed E-state index contributed by atoms with van der Waals surface area (Å²) >= 11 is 0. The van der Waals surface area contributed by atoms with E-state index < -0.39 is 0 Å². The van der Waals surface area contributed by atoms with Crippen molar-refractivity contribution in [1.82, 2.24) is 0 Å². The molecule has 0 radical (unpaired) electrons. The van der Waals surface area contributed by atoms with E-state index in [1.807, 2.05) is 0 Å². The molecule has 0 aromatic heterocycles. The van der Waals surface area contributed by atoms with E-state index in [0.29, 0.717) is 5.92 Å². The first kappa shape index (κ1) is 28.3. The fraction of sp³-hybridized carbons (Fsp3) is 0.0851. The van der Waals surface area contributed by atoms with Gasteiger partial charge in [-0.1, -0.05) is 151 Å². The molecule has 2 unspecified atom stereocenters. The molecule has 10 rings (SSSR count). The number of aliphatic imine (C=N–C) groups is 1. The second-order valence-corrected chi connectivity index (χ2v) is 13.9. The van der Waals surface area contributed by atoms with Gasteiger partial charge in [0.25, 0.3) is 0 Å². The Balaban J connectivity index is 1.09. The fourth-order valence-electron chi connectivity index (χ4n) is 9.08. The van der Waals surface area contributed by atoms with Crippen molar-refractivity contribution in [3.63, 3.8) is 0 Å². The first-order valence-electron chi connectivity index (χ1n) is 17.5. The summed E-state index contributed by atoms with van der Waals surface area (Å²) in [5.41, 5.74) is 20.5. The van der Waals surface area contributed by atoms with Crippen LogP contribution in [0.25, 0.3) is 33.4 Å². The minimum Gasteiger partial charge on any atom is -0.253 e. The lowest BCUT2D eigenvalue weighted by Gasteiger charge is -2.30. The van der Waals surface area contributed by atoms with Crippen molar-refractivity contribution in [3.8, 4) is 33.4 Å². The molecule has 0 fully saturated rings. The molecule has 230 valence electrons. The third-order valence-corrected chi connectivity index (χ3v) is 11.2. The summed E-state index contributed by atoms with van der Waals surface area (Å²) < 4.78 is 0. The molecule has 0 bridgehead atoms. The Labute approximate surface area is 289 Å². The molecule has 1 nitrogen and oxygen atoms in total. The number of fused-ring (bicyclic) bond motifs is 11. The topological polar surface area (TPSA) is 12.4 Å². The number of para-hydroxylation sites is 1. The third kappa shape index (κ3) is 4.17. The standard InChI is InChI=1S/C47H34BN/c48-34-22-25-44-40(29-34)37-16-5-8-19-42(37)47(44)41-18-7-4-15-36(41)39-28-32(21-24-43(39)47)31-13-10-14-33(27-31)45-26-23-35(30-11-2-1-3-12-30)38-17-6-9-20-46(38)49-45/h1-22,24-25,27-29,35H,23,26,48H2. The van der Waals surface area contributed by atoms with E-state index in [1.54, 1.807) is 0 Å². The van der Waals surface area contributed by atoms with Crippen LogP contribution in [0.15, 0.2) is 169 Å². The van der Waals surface area contributed by atoms with Gasteiger partial charge in [0, 0.05) is 11.6 Å². The Morgan fingerprint density at radius 1 is 0.490 bits per heavy atom. The fourth-order valence-corrected chi connectivity index (χ4v) is 9.08. The lowest BCUT2D eigenvalue weighted by atomic mass is 9.70. The van der Waals surface area contributed by atoms with E-state index in [2.05, 4.69) is 172 Å². The third-order valence-electron chi connectivity index (χ3n) is 11.2. The Morgan fingerprint density at radius 2 is 1.10 bits per heavy atom. The van der Waals surface area contributed by atoms with E-state index in [4.69, 9.17) is 4.99 Å². The van der Waals surface area contributed by atoms with Crippen LogP contribution in [0.3, 0.4) is 0 Å². The highest BCUT2D eigenvalue weighted by Crippen LogP contribution is 2.62. The molecule has 49 heavy (non-hydrogen) atoms. The zero-order chi connectivity index (χ0) is 32.5. The van der Waals surface area contributed by atoms with Gasteiger partial charge in [0.2, 0.25) is 0 Å². The van der Waals surface area contributed by atoms with Gasteiger partial charge in [-0.05, 0) is 103 Å².